The molecule has 1 N–H and O–H groups in total. The smallest absolute Gasteiger partial charge is 0.257 e. The summed E-state index contributed by atoms with van der Waals surface area (Å²) in [5.74, 6) is 0.879. The van der Waals surface area contributed by atoms with Gasteiger partial charge in [-0.15, -0.1) is 0 Å². The van der Waals surface area contributed by atoms with Crippen molar-refractivity contribution in [3.05, 3.63) is 41.7 Å². The van der Waals surface area contributed by atoms with E-state index in [2.05, 4.69) is 12.1 Å². The van der Waals surface area contributed by atoms with Crippen LogP contribution in [0.2, 0.25) is 0 Å². The van der Waals surface area contributed by atoms with E-state index in [0.29, 0.717) is 5.56 Å². The first-order valence-corrected chi connectivity index (χ1v) is 7.90. The zero-order valence-corrected chi connectivity index (χ0v) is 13.9. The summed E-state index contributed by atoms with van der Waals surface area (Å²) in [7, 11) is 3.80. The molecule has 2 aromatic rings. The molecule has 2 heterocycles. The summed E-state index contributed by atoms with van der Waals surface area (Å²) in [6.07, 6.45) is 1.67. The maximum atomic E-state index is 12.7. The molecule has 0 unspecified atom stereocenters. The van der Waals surface area contributed by atoms with E-state index in [1.165, 1.54) is 4.90 Å². The Kier molecular flexibility index (Phi) is 4.34. The Balaban J connectivity index is 1.82. The van der Waals surface area contributed by atoms with E-state index in [0.717, 1.165) is 43.3 Å². The molecule has 1 amide bonds. The summed E-state index contributed by atoms with van der Waals surface area (Å²) >= 11 is 0. The summed E-state index contributed by atoms with van der Waals surface area (Å²) in [5.41, 5.74) is 2.47. The Bertz CT molecular complexity index is 685. The minimum Gasteiger partial charge on any atom is -0.497 e. The van der Waals surface area contributed by atoms with Gasteiger partial charge in [-0.2, -0.15) is 5.10 Å². The average Bonchev–Trinajstić information content (AvgIpc) is 2.96. The van der Waals surface area contributed by atoms with Gasteiger partial charge in [0.2, 0.25) is 0 Å². The fourth-order valence-electron chi connectivity index (χ4n) is 2.87. The van der Waals surface area contributed by atoms with Crippen molar-refractivity contribution in [1.82, 2.24) is 14.7 Å². The van der Waals surface area contributed by atoms with Crippen LogP contribution in [-0.2, 0) is 0 Å². The van der Waals surface area contributed by atoms with Gasteiger partial charge in [0.05, 0.1) is 63.5 Å². The number of hydrogen-bond acceptors (Lipinski definition) is 3. The Hall–Kier alpha value is -2.34. The monoisotopic (exact) mass is 315 g/mol. The van der Waals surface area contributed by atoms with Gasteiger partial charge in [-0.05, 0) is 31.2 Å². The highest BCUT2D eigenvalue weighted by Gasteiger charge is 2.25. The first-order chi connectivity index (χ1) is 11.1. The van der Waals surface area contributed by atoms with Crippen molar-refractivity contribution in [1.29, 1.82) is 0 Å². The van der Waals surface area contributed by atoms with Crippen LogP contribution >= 0.6 is 0 Å². The normalized spacial score (nSPS) is 15.7. The van der Waals surface area contributed by atoms with Crippen LogP contribution in [0.1, 0.15) is 16.1 Å². The lowest BCUT2D eigenvalue weighted by molar-refractivity contribution is -0.883. The second kappa shape index (κ2) is 6.42. The molecule has 1 fully saturated rings. The number of quaternary nitrogens is 1. The lowest BCUT2D eigenvalue weighted by atomic mass is 10.2. The maximum Gasteiger partial charge on any atom is 0.257 e. The van der Waals surface area contributed by atoms with E-state index in [1.807, 2.05) is 36.1 Å². The fourth-order valence-corrected chi connectivity index (χ4v) is 2.87. The zero-order chi connectivity index (χ0) is 16.4. The number of benzene rings is 1. The predicted octanol–water partition coefficient (Wildman–Crippen LogP) is 0.160. The van der Waals surface area contributed by atoms with Gasteiger partial charge in [0.1, 0.15) is 5.75 Å². The van der Waals surface area contributed by atoms with Crippen LogP contribution in [-0.4, -0.2) is 60.9 Å². The molecule has 1 aromatic heterocycles. The lowest BCUT2D eigenvalue weighted by Crippen LogP contribution is -3.12. The van der Waals surface area contributed by atoms with E-state index in [1.54, 1.807) is 18.0 Å². The molecular weight excluding hydrogens is 292 g/mol. The van der Waals surface area contributed by atoms with E-state index < -0.39 is 0 Å². The van der Waals surface area contributed by atoms with Crippen LogP contribution in [0.15, 0.2) is 30.5 Å². The molecule has 3 rings (SSSR count). The number of methoxy groups -OCH3 is 1. The Morgan fingerprint density at radius 1 is 1.22 bits per heavy atom. The van der Waals surface area contributed by atoms with Crippen molar-refractivity contribution < 1.29 is 14.4 Å². The standard InChI is InChI=1S/C17H22N4O2/c1-13-16(17(22)20-10-8-19(2)9-11-20)12-18-21(13)14-4-6-15(23-3)7-5-14/h4-7,12H,8-11H2,1-3H3/p+1. The van der Waals surface area contributed by atoms with Crippen LogP contribution in [0.25, 0.3) is 5.69 Å². The molecule has 23 heavy (non-hydrogen) atoms. The molecule has 6 nitrogen and oxygen atoms in total. The molecule has 1 aromatic carbocycles. The van der Waals surface area contributed by atoms with Crippen molar-refractivity contribution >= 4 is 5.91 Å². The van der Waals surface area contributed by atoms with Crippen molar-refractivity contribution in [3.8, 4) is 11.4 Å². The summed E-state index contributed by atoms with van der Waals surface area (Å²) in [4.78, 5) is 16.1. The zero-order valence-electron chi connectivity index (χ0n) is 13.9. The molecule has 1 aliphatic rings. The van der Waals surface area contributed by atoms with Crippen LogP contribution < -0.4 is 9.64 Å². The van der Waals surface area contributed by atoms with Gasteiger partial charge in [-0.3, -0.25) is 4.79 Å². The van der Waals surface area contributed by atoms with E-state index in [-0.39, 0.29) is 5.91 Å². The van der Waals surface area contributed by atoms with E-state index in [9.17, 15) is 4.79 Å². The molecule has 0 spiro atoms. The molecule has 6 heteroatoms. The highest BCUT2D eigenvalue weighted by atomic mass is 16.5. The molecule has 0 bridgehead atoms. The van der Waals surface area contributed by atoms with Crippen molar-refractivity contribution in [3.63, 3.8) is 0 Å². The predicted molar refractivity (Wildman–Crippen MR) is 87.4 cm³/mol. The number of nitrogens with one attached hydrogen (secondary N) is 1. The van der Waals surface area contributed by atoms with Gasteiger partial charge in [0.25, 0.3) is 5.91 Å². The largest absolute Gasteiger partial charge is 0.497 e. The molecular formula is C17H23N4O2+. The summed E-state index contributed by atoms with van der Waals surface area (Å²) in [6, 6.07) is 7.65. The lowest BCUT2D eigenvalue weighted by Gasteiger charge is -2.30. The molecule has 0 atom stereocenters. The quantitative estimate of drug-likeness (QED) is 0.878. The second-order valence-electron chi connectivity index (χ2n) is 6.00. The highest BCUT2D eigenvalue weighted by Crippen LogP contribution is 2.18. The number of hydrogen-bond donors (Lipinski definition) is 1. The minimum absolute atomic E-state index is 0.0785. The molecule has 1 aliphatic heterocycles. The number of likely N-dealkylation sites (N-methyl/N-ethyl adjacent to an activating group) is 1. The third-order valence-corrected chi connectivity index (χ3v) is 4.46. The molecule has 0 aliphatic carbocycles. The van der Waals surface area contributed by atoms with Gasteiger partial charge in [0, 0.05) is 0 Å². The number of rotatable bonds is 3. The van der Waals surface area contributed by atoms with Crippen molar-refractivity contribution in [2.75, 3.05) is 40.3 Å². The number of nitrogens with zero attached hydrogens (tertiary/aromatic N) is 3. The van der Waals surface area contributed by atoms with Crippen LogP contribution in [0, 0.1) is 6.92 Å². The van der Waals surface area contributed by atoms with Crippen LogP contribution in [0.3, 0.4) is 0 Å². The topological polar surface area (TPSA) is 51.8 Å². The number of ether oxygens (including phenoxy) is 1. The van der Waals surface area contributed by atoms with Crippen molar-refractivity contribution in [2.24, 2.45) is 0 Å². The highest BCUT2D eigenvalue weighted by molar-refractivity contribution is 5.95. The first-order valence-electron chi connectivity index (χ1n) is 7.90. The number of carbonyl (C=O) groups is 1. The number of aromatic nitrogens is 2. The maximum absolute atomic E-state index is 12.7. The van der Waals surface area contributed by atoms with Gasteiger partial charge >= 0.3 is 0 Å². The molecule has 0 saturated carbocycles. The van der Waals surface area contributed by atoms with Crippen LogP contribution in [0.5, 0.6) is 5.75 Å². The fraction of sp³-hybridized carbons (Fsp3) is 0.412. The molecule has 0 radical (unpaired) electrons. The summed E-state index contributed by atoms with van der Waals surface area (Å²) in [6.45, 7) is 5.54. The summed E-state index contributed by atoms with van der Waals surface area (Å²) < 4.78 is 6.97. The number of carbonyl (C=O) groups excluding carboxylic acids is 1. The van der Waals surface area contributed by atoms with Gasteiger partial charge in [-0.1, -0.05) is 0 Å². The van der Waals surface area contributed by atoms with E-state index in [4.69, 9.17) is 4.74 Å². The number of piperazine rings is 1. The Labute approximate surface area is 136 Å². The second-order valence-corrected chi connectivity index (χ2v) is 6.00. The number of amides is 1. The molecule has 1 saturated heterocycles. The third-order valence-electron chi connectivity index (χ3n) is 4.46. The Morgan fingerprint density at radius 2 is 1.87 bits per heavy atom. The first kappa shape index (κ1) is 15.6. The minimum atomic E-state index is 0.0785. The molecule has 122 valence electrons. The van der Waals surface area contributed by atoms with Crippen molar-refractivity contribution in [2.45, 2.75) is 6.92 Å². The third kappa shape index (κ3) is 3.07. The average molecular weight is 315 g/mol. The van der Waals surface area contributed by atoms with Gasteiger partial charge in [-0.25, -0.2) is 4.68 Å². The Morgan fingerprint density at radius 3 is 2.48 bits per heavy atom. The summed E-state index contributed by atoms with van der Waals surface area (Å²) in [5, 5.41) is 4.40. The van der Waals surface area contributed by atoms with E-state index >= 15 is 0 Å². The van der Waals surface area contributed by atoms with Gasteiger partial charge < -0.3 is 14.5 Å². The SMILES string of the molecule is COc1ccc(-n2ncc(C(=O)N3CC[NH+](C)CC3)c2C)cc1. The van der Waals surface area contributed by atoms with Gasteiger partial charge in [0.15, 0.2) is 0 Å². The van der Waals surface area contributed by atoms with Crippen LogP contribution in [0.4, 0.5) is 0 Å².